The van der Waals surface area contributed by atoms with Crippen molar-refractivity contribution in [3.63, 3.8) is 0 Å². The summed E-state index contributed by atoms with van der Waals surface area (Å²) in [6.07, 6.45) is 1.82. The number of morpholine rings is 1. The first-order valence-electron chi connectivity index (χ1n) is 6.63. The van der Waals surface area contributed by atoms with E-state index in [1.165, 1.54) is 0 Å². The average molecular weight is 255 g/mol. The molecular weight excluding hydrogens is 234 g/mol. The molecule has 2 rings (SSSR count). The van der Waals surface area contributed by atoms with Crippen LogP contribution in [0.5, 0.6) is 0 Å². The van der Waals surface area contributed by atoms with Crippen LogP contribution in [0.2, 0.25) is 0 Å². The largest absolute Gasteiger partial charge is 0.481 e. The number of rotatable bonds is 2. The molecule has 4 atom stereocenters. The highest BCUT2D eigenvalue weighted by molar-refractivity contribution is 5.81. The fraction of sp³-hybridized carbons (Fsp3) is 0.846. The predicted octanol–water partition coefficient (Wildman–Crippen LogP) is 1.12. The number of carbonyl (C=O) groups excluding carboxylic acids is 1. The van der Waals surface area contributed by atoms with Crippen molar-refractivity contribution in [1.29, 1.82) is 0 Å². The van der Waals surface area contributed by atoms with Gasteiger partial charge < -0.3 is 14.7 Å². The third-order valence-corrected chi connectivity index (χ3v) is 4.05. The summed E-state index contributed by atoms with van der Waals surface area (Å²) in [5.74, 6) is -1.12. The number of carboxylic acid groups (broad SMARTS) is 1. The van der Waals surface area contributed by atoms with Gasteiger partial charge in [-0.25, -0.2) is 0 Å². The van der Waals surface area contributed by atoms with Crippen molar-refractivity contribution in [3.8, 4) is 0 Å². The first kappa shape index (κ1) is 13.3. The Hall–Kier alpha value is -1.10. The van der Waals surface area contributed by atoms with E-state index in [1.54, 1.807) is 0 Å². The van der Waals surface area contributed by atoms with Crippen molar-refractivity contribution in [1.82, 2.24) is 4.90 Å². The van der Waals surface area contributed by atoms with E-state index >= 15 is 0 Å². The van der Waals surface area contributed by atoms with Gasteiger partial charge in [-0.05, 0) is 33.1 Å². The number of hydrogen-bond acceptors (Lipinski definition) is 3. The fourth-order valence-corrected chi connectivity index (χ4v) is 3.08. The zero-order valence-corrected chi connectivity index (χ0v) is 11.0. The maximum atomic E-state index is 12.5. The van der Waals surface area contributed by atoms with E-state index in [0.717, 1.165) is 0 Å². The molecular formula is C13H21NO4. The van der Waals surface area contributed by atoms with Gasteiger partial charge in [-0.15, -0.1) is 0 Å². The third kappa shape index (κ3) is 2.51. The Kier molecular flexibility index (Phi) is 3.90. The van der Waals surface area contributed by atoms with Gasteiger partial charge in [0.2, 0.25) is 5.91 Å². The first-order valence-corrected chi connectivity index (χ1v) is 6.63. The monoisotopic (exact) mass is 255 g/mol. The Morgan fingerprint density at radius 2 is 1.67 bits per heavy atom. The molecule has 1 N–H and O–H groups in total. The molecule has 0 aromatic rings. The maximum Gasteiger partial charge on any atom is 0.306 e. The van der Waals surface area contributed by atoms with Gasteiger partial charge in [0, 0.05) is 5.92 Å². The van der Waals surface area contributed by atoms with E-state index in [4.69, 9.17) is 9.84 Å². The van der Waals surface area contributed by atoms with Crippen LogP contribution in [0.25, 0.3) is 0 Å². The van der Waals surface area contributed by atoms with Gasteiger partial charge in [-0.1, -0.05) is 0 Å². The van der Waals surface area contributed by atoms with Crippen LogP contribution in [-0.2, 0) is 14.3 Å². The molecule has 1 saturated carbocycles. The van der Waals surface area contributed by atoms with Crippen LogP contribution in [0, 0.1) is 11.8 Å². The zero-order chi connectivity index (χ0) is 13.3. The van der Waals surface area contributed by atoms with Crippen LogP contribution < -0.4 is 0 Å². The topological polar surface area (TPSA) is 66.8 Å². The third-order valence-electron chi connectivity index (χ3n) is 4.05. The Morgan fingerprint density at radius 3 is 2.17 bits per heavy atom. The molecule has 2 aliphatic rings. The number of carbonyl (C=O) groups is 2. The van der Waals surface area contributed by atoms with Gasteiger partial charge >= 0.3 is 5.97 Å². The normalized spacial score (nSPS) is 36.7. The molecule has 0 aromatic carbocycles. The zero-order valence-electron chi connectivity index (χ0n) is 11.0. The first-order chi connectivity index (χ1) is 8.50. The molecule has 1 saturated heterocycles. The minimum absolute atomic E-state index is 0.0881. The van der Waals surface area contributed by atoms with Gasteiger partial charge in [0.1, 0.15) is 0 Å². The lowest BCUT2D eigenvalue weighted by atomic mass is 10.0. The second kappa shape index (κ2) is 5.26. The summed E-state index contributed by atoms with van der Waals surface area (Å²) in [7, 11) is 0. The molecule has 1 aliphatic carbocycles. The lowest BCUT2D eigenvalue weighted by Gasteiger charge is -2.40. The maximum absolute atomic E-state index is 12.5. The summed E-state index contributed by atoms with van der Waals surface area (Å²) in [4.78, 5) is 25.3. The molecule has 5 nitrogen and oxygen atoms in total. The molecule has 0 radical (unpaired) electrons. The molecule has 0 bridgehead atoms. The lowest BCUT2D eigenvalue weighted by molar-refractivity contribution is -0.148. The minimum atomic E-state index is -0.770. The smallest absolute Gasteiger partial charge is 0.306 e. The fourth-order valence-electron chi connectivity index (χ4n) is 3.08. The van der Waals surface area contributed by atoms with E-state index in [0.29, 0.717) is 32.5 Å². The number of aliphatic carboxylic acids is 1. The second-order valence-corrected chi connectivity index (χ2v) is 5.53. The molecule has 5 heteroatoms. The van der Waals surface area contributed by atoms with E-state index in [1.807, 2.05) is 18.7 Å². The van der Waals surface area contributed by atoms with Crippen LogP contribution >= 0.6 is 0 Å². The summed E-state index contributed by atoms with van der Waals surface area (Å²) in [5, 5.41) is 8.98. The molecule has 1 heterocycles. The van der Waals surface area contributed by atoms with Crippen LogP contribution in [0.1, 0.15) is 33.1 Å². The van der Waals surface area contributed by atoms with Crippen LogP contribution in [0.3, 0.4) is 0 Å². The van der Waals surface area contributed by atoms with Crippen LogP contribution in [-0.4, -0.2) is 47.2 Å². The quantitative estimate of drug-likeness (QED) is 0.803. The van der Waals surface area contributed by atoms with Crippen molar-refractivity contribution < 1.29 is 19.4 Å². The number of nitrogens with zero attached hydrogens (tertiary/aromatic N) is 1. The summed E-state index contributed by atoms with van der Waals surface area (Å²) >= 11 is 0. The SMILES string of the molecule is CC1COCC(C)N1C(=O)[C@@H]1CC[C@H](C(=O)O)C1. The predicted molar refractivity (Wildman–Crippen MR) is 65.1 cm³/mol. The molecule has 0 aromatic heterocycles. The van der Waals surface area contributed by atoms with E-state index in [-0.39, 0.29) is 29.8 Å². The van der Waals surface area contributed by atoms with Gasteiger partial charge in [0.05, 0.1) is 31.2 Å². The lowest BCUT2D eigenvalue weighted by Crippen LogP contribution is -2.54. The molecule has 1 amide bonds. The van der Waals surface area contributed by atoms with Crippen molar-refractivity contribution in [2.45, 2.75) is 45.2 Å². The standard InChI is InChI=1S/C13H21NO4/c1-8-6-18-7-9(2)14(8)12(15)10-3-4-11(5-10)13(16)17/h8-11H,3-7H2,1-2H3,(H,16,17)/t8?,9?,10-,11+/m1/s1. The van der Waals surface area contributed by atoms with Crippen molar-refractivity contribution >= 4 is 11.9 Å². The number of hydrogen-bond donors (Lipinski definition) is 1. The molecule has 0 spiro atoms. The average Bonchev–Trinajstić information content (AvgIpc) is 2.77. The number of ether oxygens (including phenoxy) is 1. The Labute approximate surface area is 107 Å². The highest BCUT2D eigenvalue weighted by Crippen LogP contribution is 2.33. The van der Waals surface area contributed by atoms with Gasteiger partial charge in [-0.3, -0.25) is 9.59 Å². The minimum Gasteiger partial charge on any atom is -0.481 e. The Morgan fingerprint density at radius 1 is 1.11 bits per heavy atom. The van der Waals surface area contributed by atoms with Gasteiger partial charge in [0.15, 0.2) is 0 Å². The summed E-state index contributed by atoms with van der Waals surface area (Å²) < 4.78 is 5.41. The Balaban J connectivity index is 2.01. The van der Waals surface area contributed by atoms with E-state index in [2.05, 4.69) is 0 Å². The van der Waals surface area contributed by atoms with Crippen molar-refractivity contribution in [2.24, 2.45) is 11.8 Å². The van der Waals surface area contributed by atoms with Crippen LogP contribution in [0.15, 0.2) is 0 Å². The van der Waals surface area contributed by atoms with Crippen molar-refractivity contribution in [2.75, 3.05) is 13.2 Å². The second-order valence-electron chi connectivity index (χ2n) is 5.53. The van der Waals surface area contributed by atoms with Gasteiger partial charge in [0.25, 0.3) is 0 Å². The molecule has 18 heavy (non-hydrogen) atoms. The summed E-state index contributed by atoms with van der Waals surface area (Å²) in [5.41, 5.74) is 0. The number of carboxylic acids is 1. The van der Waals surface area contributed by atoms with E-state index in [9.17, 15) is 9.59 Å². The molecule has 2 unspecified atom stereocenters. The van der Waals surface area contributed by atoms with E-state index < -0.39 is 5.97 Å². The molecule has 2 fully saturated rings. The molecule has 102 valence electrons. The van der Waals surface area contributed by atoms with Gasteiger partial charge in [-0.2, -0.15) is 0 Å². The Bertz CT molecular complexity index is 334. The number of amides is 1. The van der Waals surface area contributed by atoms with Crippen molar-refractivity contribution in [3.05, 3.63) is 0 Å². The summed E-state index contributed by atoms with van der Waals surface area (Å²) in [6, 6.07) is 0.176. The summed E-state index contributed by atoms with van der Waals surface area (Å²) in [6.45, 7) is 5.12. The highest BCUT2D eigenvalue weighted by Gasteiger charge is 2.39. The highest BCUT2D eigenvalue weighted by atomic mass is 16.5. The molecule has 1 aliphatic heterocycles. The van der Waals surface area contributed by atoms with Crippen LogP contribution in [0.4, 0.5) is 0 Å².